The highest BCUT2D eigenvalue weighted by Gasteiger charge is 2.31. The zero-order valence-corrected chi connectivity index (χ0v) is 9.78. The fraction of sp³-hybridized carbons (Fsp3) is 0.455. The first-order valence-electron chi connectivity index (χ1n) is 5.54. The van der Waals surface area contributed by atoms with E-state index in [2.05, 4.69) is 10.2 Å². The van der Waals surface area contributed by atoms with Gasteiger partial charge in [-0.2, -0.15) is 13.2 Å². The van der Waals surface area contributed by atoms with Crippen LogP contribution in [-0.2, 0) is 12.6 Å². The zero-order chi connectivity index (χ0) is 13.3. The van der Waals surface area contributed by atoms with Crippen molar-refractivity contribution in [2.75, 3.05) is 0 Å². The molecule has 2 N–H and O–H groups in total. The Morgan fingerprint density at radius 1 is 1.33 bits per heavy atom. The monoisotopic (exact) mass is 258 g/mol. The van der Waals surface area contributed by atoms with Crippen LogP contribution in [0.1, 0.15) is 24.7 Å². The summed E-state index contributed by atoms with van der Waals surface area (Å²) >= 11 is 0. The Kier molecular flexibility index (Phi) is 3.25. The predicted molar refractivity (Wildman–Crippen MR) is 60.0 cm³/mol. The first kappa shape index (κ1) is 12.8. The highest BCUT2D eigenvalue weighted by Crippen LogP contribution is 2.29. The first-order valence-corrected chi connectivity index (χ1v) is 5.54. The van der Waals surface area contributed by atoms with Crippen LogP contribution >= 0.6 is 0 Å². The van der Waals surface area contributed by atoms with Crippen molar-refractivity contribution in [2.45, 2.75) is 32.0 Å². The zero-order valence-electron chi connectivity index (χ0n) is 9.78. The predicted octanol–water partition coefficient (Wildman–Crippen LogP) is 2.03. The minimum Gasteiger partial charge on any atom is -0.328 e. The largest absolute Gasteiger partial charge is 0.417 e. The van der Waals surface area contributed by atoms with Gasteiger partial charge in [0.1, 0.15) is 5.82 Å². The molecule has 7 heteroatoms. The average molecular weight is 258 g/mol. The van der Waals surface area contributed by atoms with Gasteiger partial charge in [-0.3, -0.25) is 4.40 Å². The fourth-order valence-corrected chi connectivity index (χ4v) is 1.63. The minimum atomic E-state index is -4.36. The van der Waals surface area contributed by atoms with E-state index in [1.54, 1.807) is 0 Å². The second-order valence-electron chi connectivity index (χ2n) is 4.28. The number of halogens is 3. The van der Waals surface area contributed by atoms with E-state index in [-0.39, 0.29) is 6.04 Å². The molecule has 0 amide bonds. The second-order valence-corrected chi connectivity index (χ2v) is 4.28. The standard InChI is InChI=1S/C11H13F3N4/c1-7(15)2-4-9-16-17-10-5-3-8(6-18(9)10)11(12,13)14/h3,5-7H,2,4,15H2,1H3. The number of hydrogen-bond acceptors (Lipinski definition) is 3. The van der Waals surface area contributed by atoms with Crippen LogP contribution in [0.3, 0.4) is 0 Å². The van der Waals surface area contributed by atoms with E-state index in [0.29, 0.717) is 24.3 Å². The molecular formula is C11H13F3N4. The van der Waals surface area contributed by atoms with Gasteiger partial charge in [-0.25, -0.2) is 0 Å². The second kappa shape index (κ2) is 4.56. The van der Waals surface area contributed by atoms with Gasteiger partial charge < -0.3 is 5.73 Å². The highest BCUT2D eigenvalue weighted by atomic mass is 19.4. The number of aromatic nitrogens is 3. The van der Waals surface area contributed by atoms with Gasteiger partial charge in [0, 0.05) is 18.7 Å². The first-order chi connectivity index (χ1) is 8.38. The van der Waals surface area contributed by atoms with Gasteiger partial charge in [0.2, 0.25) is 0 Å². The molecule has 1 unspecified atom stereocenters. The average Bonchev–Trinajstić information content (AvgIpc) is 2.67. The summed E-state index contributed by atoms with van der Waals surface area (Å²) in [5.74, 6) is 0.494. The molecule has 2 aromatic rings. The van der Waals surface area contributed by atoms with Gasteiger partial charge in [-0.1, -0.05) is 0 Å². The van der Waals surface area contributed by atoms with E-state index in [1.165, 1.54) is 10.5 Å². The lowest BCUT2D eigenvalue weighted by Crippen LogP contribution is -2.16. The van der Waals surface area contributed by atoms with E-state index in [1.807, 2.05) is 6.92 Å². The summed E-state index contributed by atoms with van der Waals surface area (Å²) in [7, 11) is 0. The molecule has 2 aromatic heterocycles. The molecule has 0 radical (unpaired) electrons. The molecule has 0 bridgehead atoms. The Labute approximate surface area is 102 Å². The molecule has 0 saturated heterocycles. The van der Waals surface area contributed by atoms with E-state index < -0.39 is 11.7 Å². The minimum absolute atomic E-state index is 0.0249. The Morgan fingerprint density at radius 2 is 2.06 bits per heavy atom. The van der Waals surface area contributed by atoms with Gasteiger partial charge in [-0.15, -0.1) is 10.2 Å². The van der Waals surface area contributed by atoms with Crippen molar-refractivity contribution in [3.05, 3.63) is 29.7 Å². The maximum absolute atomic E-state index is 12.6. The Balaban J connectivity index is 2.37. The number of hydrogen-bond donors (Lipinski definition) is 1. The van der Waals surface area contributed by atoms with Crippen molar-refractivity contribution in [1.82, 2.24) is 14.6 Å². The summed E-state index contributed by atoms with van der Waals surface area (Å²) < 4.78 is 39.1. The van der Waals surface area contributed by atoms with E-state index in [4.69, 9.17) is 5.73 Å². The van der Waals surface area contributed by atoms with Crippen LogP contribution in [0, 0.1) is 0 Å². The number of nitrogens with two attached hydrogens (primary N) is 1. The molecule has 0 aliphatic carbocycles. The third-order valence-electron chi connectivity index (χ3n) is 2.62. The highest BCUT2D eigenvalue weighted by molar-refractivity contribution is 5.40. The fourth-order valence-electron chi connectivity index (χ4n) is 1.63. The van der Waals surface area contributed by atoms with Gasteiger partial charge in [0.05, 0.1) is 5.56 Å². The molecule has 0 spiro atoms. The van der Waals surface area contributed by atoms with E-state index >= 15 is 0 Å². The third kappa shape index (κ3) is 2.61. The number of alkyl halides is 3. The van der Waals surface area contributed by atoms with Gasteiger partial charge in [-0.05, 0) is 25.5 Å². The summed E-state index contributed by atoms with van der Waals surface area (Å²) in [5, 5.41) is 7.71. The van der Waals surface area contributed by atoms with Gasteiger partial charge in [0.25, 0.3) is 0 Å². The molecule has 2 heterocycles. The molecule has 1 atom stereocenters. The van der Waals surface area contributed by atoms with Crippen molar-refractivity contribution in [1.29, 1.82) is 0 Å². The van der Waals surface area contributed by atoms with Crippen LogP contribution in [0.15, 0.2) is 18.3 Å². The molecule has 18 heavy (non-hydrogen) atoms. The van der Waals surface area contributed by atoms with E-state index in [0.717, 1.165) is 12.3 Å². The lowest BCUT2D eigenvalue weighted by atomic mass is 10.2. The number of pyridine rings is 1. The summed E-state index contributed by atoms with van der Waals surface area (Å²) in [4.78, 5) is 0. The topological polar surface area (TPSA) is 56.2 Å². The van der Waals surface area contributed by atoms with Crippen LogP contribution in [-0.4, -0.2) is 20.6 Å². The molecule has 0 aliphatic rings. The van der Waals surface area contributed by atoms with Gasteiger partial charge >= 0.3 is 6.18 Å². The number of rotatable bonds is 3. The van der Waals surface area contributed by atoms with Gasteiger partial charge in [0.15, 0.2) is 5.65 Å². The quantitative estimate of drug-likeness (QED) is 0.916. The lowest BCUT2D eigenvalue weighted by molar-refractivity contribution is -0.137. The molecule has 0 aliphatic heterocycles. The van der Waals surface area contributed by atoms with Crippen molar-refractivity contribution in [3.63, 3.8) is 0 Å². The molecular weight excluding hydrogens is 245 g/mol. The van der Waals surface area contributed by atoms with Crippen LogP contribution in [0.4, 0.5) is 13.2 Å². The van der Waals surface area contributed by atoms with E-state index in [9.17, 15) is 13.2 Å². The maximum Gasteiger partial charge on any atom is 0.417 e. The van der Waals surface area contributed by atoms with Crippen LogP contribution in [0.25, 0.3) is 5.65 Å². The molecule has 98 valence electrons. The summed E-state index contributed by atoms with van der Waals surface area (Å²) in [6.45, 7) is 1.84. The smallest absolute Gasteiger partial charge is 0.328 e. The van der Waals surface area contributed by atoms with Crippen LogP contribution in [0.5, 0.6) is 0 Å². The maximum atomic E-state index is 12.6. The number of aryl methyl sites for hydroxylation is 1. The Morgan fingerprint density at radius 3 is 2.67 bits per heavy atom. The third-order valence-corrected chi connectivity index (χ3v) is 2.62. The molecule has 4 nitrogen and oxygen atoms in total. The van der Waals surface area contributed by atoms with Crippen LogP contribution < -0.4 is 5.73 Å². The van der Waals surface area contributed by atoms with Crippen molar-refractivity contribution >= 4 is 5.65 Å². The van der Waals surface area contributed by atoms with Crippen molar-refractivity contribution < 1.29 is 13.2 Å². The number of fused-ring (bicyclic) bond motifs is 1. The number of nitrogens with zero attached hydrogens (tertiary/aromatic N) is 3. The molecule has 0 saturated carbocycles. The SMILES string of the molecule is CC(N)CCc1nnc2ccc(C(F)(F)F)cn12. The van der Waals surface area contributed by atoms with Crippen molar-refractivity contribution in [2.24, 2.45) is 5.73 Å². The van der Waals surface area contributed by atoms with Crippen LogP contribution in [0.2, 0.25) is 0 Å². The normalized spacial score (nSPS) is 14.1. The Bertz CT molecular complexity index is 545. The molecule has 0 fully saturated rings. The van der Waals surface area contributed by atoms with Crippen molar-refractivity contribution in [3.8, 4) is 0 Å². The summed E-state index contributed by atoms with van der Waals surface area (Å²) in [6, 6.07) is 2.29. The summed E-state index contributed by atoms with van der Waals surface area (Å²) in [6.07, 6.45) is -2.19. The molecule has 0 aromatic carbocycles. The lowest BCUT2D eigenvalue weighted by Gasteiger charge is -2.08. The molecule has 2 rings (SSSR count). The summed E-state index contributed by atoms with van der Waals surface area (Å²) in [5.41, 5.74) is 5.31. The Hall–Kier alpha value is -1.63.